The summed E-state index contributed by atoms with van der Waals surface area (Å²) in [6.07, 6.45) is 3.41. The van der Waals surface area contributed by atoms with E-state index in [2.05, 4.69) is 65.6 Å². The van der Waals surface area contributed by atoms with Gasteiger partial charge in [-0.15, -0.1) is 0 Å². The van der Waals surface area contributed by atoms with Crippen molar-refractivity contribution in [2.24, 2.45) is 0 Å². The highest BCUT2D eigenvalue weighted by Crippen LogP contribution is 2.34. The van der Waals surface area contributed by atoms with Crippen molar-refractivity contribution in [3.63, 3.8) is 0 Å². The standard InChI is InChI=1S/C28H31NO3/c1-31-26-16-15-21(18-27(26)32-2)19-28(30)29-17-9-14-24(29)20-25(22-10-5-3-6-11-22)23-12-7-4-8-13-23/h3-8,10-13,15-16,18,24-25H,9,14,17,19-20H2,1-2H3. The van der Waals surface area contributed by atoms with E-state index in [9.17, 15) is 4.79 Å². The van der Waals surface area contributed by atoms with Crippen LogP contribution in [0, 0.1) is 0 Å². The van der Waals surface area contributed by atoms with Crippen LogP contribution in [0.15, 0.2) is 78.9 Å². The van der Waals surface area contributed by atoms with Crippen molar-refractivity contribution in [2.45, 2.75) is 37.6 Å². The SMILES string of the molecule is COc1ccc(CC(=O)N2CCCC2CC(c2ccccc2)c2ccccc2)cc1OC. The highest BCUT2D eigenvalue weighted by atomic mass is 16.5. The number of rotatable bonds is 8. The van der Waals surface area contributed by atoms with Crippen molar-refractivity contribution in [2.75, 3.05) is 20.8 Å². The number of amides is 1. The third-order valence-electron chi connectivity index (χ3n) is 6.41. The van der Waals surface area contributed by atoms with E-state index in [-0.39, 0.29) is 17.9 Å². The molecule has 1 heterocycles. The van der Waals surface area contributed by atoms with Crippen LogP contribution in [-0.4, -0.2) is 37.6 Å². The summed E-state index contributed by atoms with van der Waals surface area (Å²) in [4.78, 5) is 15.4. The molecule has 0 bridgehead atoms. The fraction of sp³-hybridized carbons (Fsp3) is 0.321. The van der Waals surface area contributed by atoms with Gasteiger partial charge in [-0.25, -0.2) is 0 Å². The number of carbonyl (C=O) groups excluding carboxylic acids is 1. The number of ether oxygens (including phenoxy) is 2. The summed E-state index contributed by atoms with van der Waals surface area (Å²) in [5.74, 6) is 1.79. The molecule has 0 spiro atoms. The molecule has 0 radical (unpaired) electrons. The third-order valence-corrected chi connectivity index (χ3v) is 6.41. The fourth-order valence-corrected chi connectivity index (χ4v) is 4.78. The minimum Gasteiger partial charge on any atom is -0.493 e. The average molecular weight is 430 g/mol. The summed E-state index contributed by atoms with van der Waals surface area (Å²) in [5, 5.41) is 0. The molecule has 0 saturated carbocycles. The van der Waals surface area contributed by atoms with Crippen LogP contribution in [0.5, 0.6) is 11.5 Å². The summed E-state index contributed by atoms with van der Waals surface area (Å²) in [6.45, 7) is 0.826. The molecule has 1 saturated heterocycles. The van der Waals surface area contributed by atoms with E-state index < -0.39 is 0 Å². The van der Waals surface area contributed by atoms with E-state index in [0.29, 0.717) is 17.9 Å². The zero-order valence-corrected chi connectivity index (χ0v) is 18.9. The number of hydrogen-bond acceptors (Lipinski definition) is 3. The van der Waals surface area contributed by atoms with E-state index in [1.807, 2.05) is 18.2 Å². The van der Waals surface area contributed by atoms with Crippen LogP contribution in [0.25, 0.3) is 0 Å². The van der Waals surface area contributed by atoms with Crippen LogP contribution in [0.3, 0.4) is 0 Å². The highest BCUT2D eigenvalue weighted by molar-refractivity contribution is 5.79. The van der Waals surface area contributed by atoms with Crippen molar-refractivity contribution in [3.05, 3.63) is 95.6 Å². The lowest BCUT2D eigenvalue weighted by molar-refractivity contribution is -0.131. The first-order valence-corrected chi connectivity index (χ1v) is 11.3. The van der Waals surface area contributed by atoms with E-state index in [1.165, 1.54) is 11.1 Å². The number of hydrogen-bond donors (Lipinski definition) is 0. The Labute approximate surface area is 190 Å². The molecule has 0 aliphatic carbocycles. The summed E-state index contributed by atoms with van der Waals surface area (Å²) >= 11 is 0. The Hall–Kier alpha value is -3.27. The van der Waals surface area contributed by atoms with Crippen LogP contribution in [-0.2, 0) is 11.2 Å². The highest BCUT2D eigenvalue weighted by Gasteiger charge is 2.31. The molecule has 32 heavy (non-hydrogen) atoms. The normalized spacial score (nSPS) is 15.7. The summed E-state index contributed by atoms with van der Waals surface area (Å²) in [5.41, 5.74) is 3.55. The van der Waals surface area contributed by atoms with Gasteiger partial charge in [0.25, 0.3) is 0 Å². The summed E-state index contributed by atoms with van der Waals surface area (Å²) < 4.78 is 10.7. The molecule has 4 nitrogen and oxygen atoms in total. The second-order valence-electron chi connectivity index (χ2n) is 8.36. The van der Waals surface area contributed by atoms with Gasteiger partial charge in [-0.05, 0) is 48.1 Å². The smallest absolute Gasteiger partial charge is 0.227 e. The molecule has 1 unspecified atom stereocenters. The first-order valence-electron chi connectivity index (χ1n) is 11.3. The lowest BCUT2D eigenvalue weighted by atomic mass is 9.85. The quantitative estimate of drug-likeness (QED) is 0.477. The molecule has 4 heteroatoms. The zero-order valence-electron chi connectivity index (χ0n) is 18.9. The first-order chi connectivity index (χ1) is 15.7. The topological polar surface area (TPSA) is 38.8 Å². The van der Waals surface area contributed by atoms with Crippen molar-refractivity contribution in [1.82, 2.24) is 4.90 Å². The zero-order chi connectivity index (χ0) is 22.3. The largest absolute Gasteiger partial charge is 0.493 e. The number of benzene rings is 3. The van der Waals surface area contributed by atoms with E-state index in [4.69, 9.17) is 9.47 Å². The molecule has 0 N–H and O–H groups in total. The van der Waals surface area contributed by atoms with E-state index >= 15 is 0 Å². The van der Waals surface area contributed by atoms with Crippen molar-refractivity contribution >= 4 is 5.91 Å². The van der Waals surface area contributed by atoms with Crippen molar-refractivity contribution in [1.29, 1.82) is 0 Å². The van der Waals surface area contributed by atoms with Crippen molar-refractivity contribution in [3.8, 4) is 11.5 Å². The predicted octanol–water partition coefficient (Wildman–Crippen LogP) is 5.46. The lowest BCUT2D eigenvalue weighted by Gasteiger charge is -2.29. The van der Waals surface area contributed by atoms with Gasteiger partial charge in [0, 0.05) is 18.5 Å². The van der Waals surface area contributed by atoms with Gasteiger partial charge in [0.05, 0.1) is 20.6 Å². The number of nitrogens with zero attached hydrogens (tertiary/aromatic N) is 1. The maximum atomic E-state index is 13.3. The molecule has 3 aromatic carbocycles. The van der Waals surface area contributed by atoms with Crippen LogP contribution < -0.4 is 9.47 Å². The van der Waals surface area contributed by atoms with Crippen LogP contribution in [0.4, 0.5) is 0 Å². The van der Waals surface area contributed by atoms with Gasteiger partial charge in [-0.3, -0.25) is 4.79 Å². The second kappa shape index (κ2) is 10.4. The molecule has 3 aromatic rings. The van der Waals surface area contributed by atoms with Gasteiger partial charge >= 0.3 is 0 Å². The minimum atomic E-state index is 0.180. The Balaban J connectivity index is 1.51. The third kappa shape index (κ3) is 4.96. The van der Waals surface area contributed by atoms with Gasteiger partial charge in [0.15, 0.2) is 11.5 Å². The fourth-order valence-electron chi connectivity index (χ4n) is 4.78. The van der Waals surface area contributed by atoms with Gasteiger partial charge in [-0.1, -0.05) is 66.7 Å². The monoisotopic (exact) mass is 429 g/mol. The van der Waals surface area contributed by atoms with E-state index in [1.54, 1.807) is 14.2 Å². The van der Waals surface area contributed by atoms with Crippen molar-refractivity contribution < 1.29 is 14.3 Å². The molecular formula is C28H31NO3. The molecule has 0 aromatic heterocycles. The van der Waals surface area contributed by atoms with Gasteiger partial charge in [0.2, 0.25) is 5.91 Å². The van der Waals surface area contributed by atoms with E-state index in [0.717, 1.165) is 31.4 Å². The maximum Gasteiger partial charge on any atom is 0.227 e. The molecular weight excluding hydrogens is 398 g/mol. The molecule has 1 aliphatic rings. The van der Waals surface area contributed by atoms with Crippen LogP contribution in [0.1, 0.15) is 41.9 Å². The van der Waals surface area contributed by atoms with Gasteiger partial charge in [0.1, 0.15) is 0 Å². The number of methoxy groups -OCH3 is 2. The van der Waals surface area contributed by atoms with Gasteiger partial charge in [-0.2, -0.15) is 0 Å². The Morgan fingerprint density at radius 2 is 1.53 bits per heavy atom. The molecule has 166 valence electrons. The maximum absolute atomic E-state index is 13.3. The molecule has 1 fully saturated rings. The Bertz CT molecular complexity index is 980. The Kier molecular flexibility index (Phi) is 7.10. The Morgan fingerprint density at radius 3 is 2.12 bits per heavy atom. The minimum absolute atomic E-state index is 0.180. The molecule has 1 aliphatic heterocycles. The Morgan fingerprint density at radius 1 is 0.906 bits per heavy atom. The van der Waals surface area contributed by atoms with Crippen LogP contribution in [0.2, 0.25) is 0 Å². The predicted molar refractivity (Wildman–Crippen MR) is 127 cm³/mol. The number of carbonyl (C=O) groups is 1. The summed E-state index contributed by atoms with van der Waals surface area (Å²) in [7, 11) is 3.24. The second-order valence-corrected chi connectivity index (χ2v) is 8.36. The van der Waals surface area contributed by atoms with Gasteiger partial charge < -0.3 is 14.4 Å². The molecule has 4 rings (SSSR count). The lowest BCUT2D eigenvalue weighted by Crippen LogP contribution is -2.37. The van der Waals surface area contributed by atoms with Crippen LogP contribution >= 0.6 is 0 Å². The molecule has 1 amide bonds. The first kappa shape index (κ1) is 21.9. The molecule has 1 atom stereocenters. The summed E-state index contributed by atoms with van der Waals surface area (Å²) in [6, 6.07) is 27.2. The average Bonchev–Trinajstić information content (AvgIpc) is 3.32. The number of likely N-dealkylation sites (tertiary alicyclic amines) is 1.